The van der Waals surface area contributed by atoms with Crippen LogP contribution in [0.4, 0.5) is 9.18 Å². The van der Waals surface area contributed by atoms with Gasteiger partial charge in [0, 0.05) is 66.2 Å². The molecule has 0 radical (unpaired) electrons. The van der Waals surface area contributed by atoms with E-state index in [1.165, 1.54) is 12.1 Å². The normalized spacial score (nSPS) is 13.8. The van der Waals surface area contributed by atoms with Gasteiger partial charge in [-0.05, 0) is 57.2 Å². The lowest BCUT2D eigenvalue weighted by molar-refractivity contribution is 0.0254. The molecule has 0 atom stereocenters. The zero-order valence-electron chi connectivity index (χ0n) is 21.2. The molecule has 0 spiro atoms. The van der Waals surface area contributed by atoms with E-state index in [-0.39, 0.29) is 24.1 Å². The predicted molar refractivity (Wildman–Crippen MR) is 140 cm³/mol. The lowest BCUT2D eigenvalue weighted by atomic mass is 10.2. The van der Waals surface area contributed by atoms with E-state index in [0.717, 1.165) is 28.7 Å². The minimum Gasteiger partial charge on any atom is -0.489 e. The van der Waals surface area contributed by atoms with E-state index in [1.54, 1.807) is 39.9 Å². The van der Waals surface area contributed by atoms with E-state index in [1.807, 2.05) is 39.0 Å². The van der Waals surface area contributed by atoms with Gasteiger partial charge in [-0.3, -0.25) is 9.36 Å². The van der Waals surface area contributed by atoms with Crippen LogP contribution in [0.25, 0.3) is 16.6 Å². The van der Waals surface area contributed by atoms with Crippen molar-refractivity contribution in [1.82, 2.24) is 14.0 Å². The average Bonchev–Trinajstić information content (AvgIpc) is 3.05. The molecule has 0 N–H and O–H groups in total. The maximum atomic E-state index is 13.8. The van der Waals surface area contributed by atoms with Crippen LogP contribution in [-0.2, 0) is 24.3 Å². The zero-order chi connectivity index (χ0) is 26.2. The molecule has 0 saturated heterocycles. The Kier molecular flexibility index (Phi) is 6.50. The summed E-state index contributed by atoms with van der Waals surface area (Å²) in [5.41, 5.74) is 2.61. The quantitative estimate of drug-likeness (QED) is 0.379. The average molecular weight is 504 g/mol. The molecule has 37 heavy (non-hydrogen) atoms. The summed E-state index contributed by atoms with van der Waals surface area (Å²) in [6, 6.07) is 17.5. The lowest BCUT2D eigenvalue weighted by Crippen LogP contribution is -2.38. The van der Waals surface area contributed by atoms with Crippen LogP contribution in [0.3, 0.4) is 0 Å². The molecule has 0 saturated carbocycles. The summed E-state index contributed by atoms with van der Waals surface area (Å²) in [4.78, 5) is 27.1. The van der Waals surface area contributed by atoms with E-state index in [9.17, 15) is 14.0 Å². The number of pyridine rings is 1. The van der Waals surface area contributed by atoms with E-state index in [0.29, 0.717) is 30.9 Å². The number of carbonyl (C=O) groups is 1. The van der Waals surface area contributed by atoms with Crippen LogP contribution in [0.15, 0.2) is 71.7 Å². The number of nitrogens with zero attached hydrogens (tertiary/aromatic N) is 3. The van der Waals surface area contributed by atoms with Crippen LogP contribution < -0.4 is 10.3 Å². The molecule has 1 aliphatic rings. The maximum absolute atomic E-state index is 13.8. The summed E-state index contributed by atoms with van der Waals surface area (Å²) < 4.78 is 28.8. The summed E-state index contributed by atoms with van der Waals surface area (Å²) in [7, 11) is 0. The molecule has 0 unspecified atom stereocenters. The largest absolute Gasteiger partial charge is 0.489 e. The van der Waals surface area contributed by atoms with Crippen LogP contribution in [0.2, 0.25) is 0 Å². The molecule has 3 heterocycles. The first-order chi connectivity index (χ1) is 17.7. The monoisotopic (exact) mass is 503 g/mol. The Labute approximate surface area is 214 Å². The highest BCUT2D eigenvalue weighted by molar-refractivity contribution is 5.83. The van der Waals surface area contributed by atoms with E-state index < -0.39 is 5.60 Å². The molecule has 4 aromatic rings. The predicted octanol–water partition coefficient (Wildman–Crippen LogP) is 5.30. The number of hydrogen-bond acceptors (Lipinski definition) is 4. The van der Waals surface area contributed by atoms with Gasteiger partial charge >= 0.3 is 6.09 Å². The van der Waals surface area contributed by atoms with Crippen molar-refractivity contribution in [2.45, 2.75) is 45.9 Å². The van der Waals surface area contributed by atoms with Gasteiger partial charge in [0.1, 0.15) is 23.8 Å². The number of benzene rings is 2. The molecule has 1 aliphatic heterocycles. The molecule has 2 aromatic heterocycles. The van der Waals surface area contributed by atoms with Crippen LogP contribution in [0.5, 0.6) is 5.75 Å². The number of fused-ring (bicyclic) bond motifs is 3. The Morgan fingerprint density at radius 3 is 2.57 bits per heavy atom. The van der Waals surface area contributed by atoms with Crippen LogP contribution in [-0.4, -0.2) is 38.8 Å². The zero-order valence-corrected chi connectivity index (χ0v) is 21.2. The van der Waals surface area contributed by atoms with Crippen molar-refractivity contribution in [3.8, 4) is 11.4 Å². The second-order valence-corrected chi connectivity index (χ2v) is 10.2. The van der Waals surface area contributed by atoms with Crippen LogP contribution in [0.1, 0.15) is 32.0 Å². The molecule has 2 aromatic carbocycles. The molecule has 7 nitrogen and oxygen atoms in total. The van der Waals surface area contributed by atoms with Crippen molar-refractivity contribution < 1.29 is 18.7 Å². The van der Waals surface area contributed by atoms with Crippen LogP contribution >= 0.6 is 0 Å². The Morgan fingerprint density at radius 1 is 1.00 bits per heavy atom. The minimum absolute atomic E-state index is 0.0454. The van der Waals surface area contributed by atoms with E-state index in [2.05, 4.69) is 10.6 Å². The molecule has 0 aliphatic carbocycles. The number of aromatic nitrogens is 2. The fourth-order valence-electron chi connectivity index (χ4n) is 4.57. The third-order valence-electron chi connectivity index (χ3n) is 6.38. The second kappa shape index (κ2) is 9.76. The van der Waals surface area contributed by atoms with Crippen molar-refractivity contribution in [2.75, 3.05) is 13.1 Å². The van der Waals surface area contributed by atoms with Crippen molar-refractivity contribution in [2.24, 2.45) is 0 Å². The third kappa shape index (κ3) is 5.38. The van der Waals surface area contributed by atoms with Gasteiger partial charge in [-0.2, -0.15) is 0 Å². The number of ether oxygens (including phenoxy) is 2. The first kappa shape index (κ1) is 24.6. The number of hydrogen-bond donors (Lipinski definition) is 0. The van der Waals surface area contributed by atoms with Crippen molar-refractivity contribution >= 4 is 17.0 Å². The van der Waals surface area contributed by atoms with Gasteiger partial charge in [0.25, 0.3) is 5.56 Å². The summed E-state index contributed by atoms with van der Waals surface area (Å²) in [5.74, 6) is 0.0448. The molecule has 0 fully saturated rings. The summed E-state index contributed by atoms with van der Waals surface area (Å²) in [6.07, 6.45) is 2.10. The Bertz CT molecular complexity index is 1520. The minimum atomic E-state index is -0.524. The van der Waals surface area contributed by atoms with E-state index >= 15 is 0 Å². The van der Waals surface area contributed by atoms with Gasteiger partial charge in [0.2, 0.25) is 0 Å². The lowest BCUT2D eigenvalue weighted by Gasteiger charge is -2.26. The number of carbonyl (C=O) groups excluding carboxylic acids is 1. The standard InChI is InChI=1S/C29H30FN3O4/c1-29(2,3)37-28(35)31-12-10-23-17-21-16-22(8-9-26(21)32(23)15-14-31)33-13-11-24(18-27(33)34)36-19-20-6-4-5-7-25(20)30/h4-9,11,13,16-18H,10,12,14-15,19H2,1-3H3. The Balaban J connectivity index is 1.32. The fraction of sp³-hybridized carbons (Fsp3) is 0.310. The summed E-state index contributed by atoms with van der Waals surface area (Å²) in [6.45, 7) is 7.49. The molecule has 8 heteroatoms. The first-order valence-corrected chi connectivity index (χ1v) is 12.4. The Hall–Kier alpha value is -4.07. The fourth-order valence-corrected chi connectivity index (χ4v) is 4.57. The smallest absolute Gasteiger partial charge is 0.410 e. The highest BCUT2D eigenvalue weighted by Crippen LogP contribution is 2.26. The van der Waals surface area contributed by atoms with Crippen molar-refractivity contribution in [3.63, 3.8) is 0 Å². The molecule has 0 bridgehead atoms. The highest BCUT2D eigenvalue weighted by atomic mass is 19.1. The van der Waals surface area contributed by atoms with Gasteiger partial charge in [-0.25, -0.2) is 9.18 Å². The highest BCUT2D eigenvalue weighted by Gasteiger charge is 2.25. The molecule has 192 valence electrons. The SMILES string of the molecule is CC(C)(C)OC(=O)N1CCc2cc3cc(-n4ccc(OCc5ccccc5F)cc4=O)ccc3n2CC1. The van der Waals surface area contributed by atoms with Gasteiger partial charge in [-0.1, -0.05) is 18.2 Å². The molecule has 5 rings (SSSR count). The number of amides is 1. The number of halogens is 1. The van der Waals surface area contributed by atoms with Gasteiger partial charge in [0.15, 0.2) is 0 Å². The number of rotatable bonds is 4. The van der Waals surface area contributed by atoms with Gasteiger partial charge < -0.3 is 18.9 Å². The van der Waals surface area contributed by atoms with Gasteiger partial charge in [0.05, 0.1) is 0 Å². The Morgan fingerprint density at radius 2 is 1.81 bits per heavy atom. The molecular formula is C29H30FN3O4. The van der Waals surface area contributed by atoms with Crippen molar-refractivity contribution in [1.29, 1.82) is 0 Å². The second-order valence-electron chi connectivity index (χ2n) is 10.2. The van der Waals surface area contributed by atoms with Crippen molar-refractivity contribution in [3.05, 3.63) is 94.3 Å². The molecule has 1 amide bonds. The third-order valence-corrected chi connectivity index (χ3v) is 6.38. The topological polar surface area (TPSA) is 65.7 Å². The first-order valence-electron chi connectivity index (χ1n) is 12.4. The molecular weight excluding hydrogens is 473 g/mol. The maximum Gasteiger partial charge on any atom is 0.410 e. The van der Waals surface area contributed by atoms with E-state index in [4.69, 9.17) is 9.47 Å². The van der Waals surface area contributed by atoms with Crippen LogP contribution in [0, 0.1) is 5.82 Å². The van der Waals surface area contributed by atoms with Gasteiger partial charge in [-0.15, -0.1) is 0 Å². The summed E-state index contributed by atoms with van der Waals surface area (Å²) >= 11 is 0. The summed E-state index contributed by atoms with van der Waals surface area (Å²) in [5, 5.41) is 1.03.